The van der Waals surface area contributed by atoms with Gasteiger partial charge in [-0.2, -0.15) is 0 Å². The molecule has 1 aliphatic carbocycles. The van der Waals surface area contributed by atoms with Crippen LogP contribution in [0.4, 0.5) is 8.78 Å². The Labute approximate surface area is 186 Å². The van der Waals surface area contributed by atoms with Gasteiger partial charge >= 0.3 is 0 Å². The minimum Gasteiger partial charge on any atom is -0.384 e. The van der Waals surface area contributed by atoms with Gasteiger partial charge in [0.15, 0.2) is 0 Å². The Morgan fingerprint density at radius 2 is 1.88 bits per heavy atom. The molecule has 1 N–H and O–H groups in total. The lowest BCUT2D eigenvalue weighted by Crippen LogP contribution is -2.58. The Bertz CT molecular complexity index is 1120. The van der Waals surface area contributed by atoms with Crippen molar-refractivity contribution in [3.05, 3.63) is 59.7 Å². The zero-order chi connectivity index (χ0) is 23.1. The van der Waals surface area contributed by atoms with E-state index in [2.05, 4.69) is 4.72 Å². The van der Waals surface area contributed by atoms with Crippen molar-refractivity contribution in [2.24, 2.45) is 5.41 Å². The molecule has 9 heteroatoms. The molecule has 0 unspecified atom stereocenters. The summed E-state index contributed by atoms with van der Waals surface area (Å²) in [5.74, 6) is -1.68. The van der Waals surface area contributed by atoms with E-state index < -0.39 is 27.1 Å². The van der Waals surface area contributed by atoms with E-state index in [0.717, 1.165) is 6.26 Å². The van der Waals surface area contributed by atoms with Crippen LogP contribution in [0.2, 0.25) is 0 Å². The summed E-state index contributed by atoms with van der Waals surface area (Å²) in [6.07, 6.45) is 2.29. The number of methoxy groups -OCH3 is 1. The van der Waals surface area contributed by atoms with Crippen molar-refractivity contribution in [1.29, 1.82) is 0 Å². The SMILES string of the molecule is COC[C@]1(C(=O)N2CC[C@H]2CNS(C)(=O)=O)C[C@@H]1c1ccccc1-c1c(F)cccc1F. The van der Waals surface area contributed by atoms with Crippen molar-refractivity contribution >= 4 is 15.9 Å². The van der Waals surface area contributed by atoms with Crippen LogP contribution in [-0.2, 0) is 19.6 Å². The highest BCUT2D eigenvalue weighted by Gasteiger charge is 2.63. The van der Waals surface area contributed by atoms with Gasteiger partial charge < -0.3 is 9.64 Å². The molecule has 0 spiro atoms. The Morgan fingerprint density at radius 1 is 1.19 bits per heavy atom. The van der Waals surface area contributed by atoms with Crippen LogP contribution in [0.25, 0.3) is 11.1 Å². The number of likely N-dealkylation sites (tertiary alicyclic amines) is 1. The van der Waals surface area contributed by atoms with Crippen LogP contribution in [0.3, 0.4) is 0 Å². The molecule has 1 saturated carbocycles. The van der Waals surface area contributed by atoms with Gasteiger partial charge in [0.25, 0.3) is 0 Å². The normalized spacial score (nSPS) is 24.8. The predicted octanol–water partition coefficient (Wildman–Crippen LogP) is 2.90. The average Bonchev–Trinajstić information content (AvgIpc) is 3.42. The van der Waals surface area contributed by atoms with Crippen molar-refractivity contribution in [2.75, 3.05) is 33.1 Å². The van der Waals surface area contributed by atoms with E-state index in [1.54, 1.807) is 29.2 Å². The standard InChI is InChI=1S/C23H26F2N2O4S/c1-31-14-23(22(28)27-11-10-15(27)13-26-32(2,29)30)12-18(23)16-6-3-4-7-17(16)21-19(24)8-5-9-20(21)25/h3-9,15,18,26H,10-14H2,1-2H3/t15-,18+,23+/m0/s1. The van der Waals surface area contributed by atoms with Crippen molar-refractivity contribution in [3.8, 4) is 11.1 Å². The first-order valence-corrected chi connectivity index (χ1v) is 12.3. The smallest absolute Gasteiger partial charge is 0.232 e. The number of nitrogens with zero attached hydrogens (tertiary/aromatic N) is 1. The molecule has 2 aromatic rings. The molecule has 32 heavy (non-hydrogen) atoms. The lowest BCUT2D eigenvalue weighted by atomic mass is 9.90. The first-order chi connectivity index (χ1) is 15.2. The number of nitrogens with one attached hydrogen (secondary N) is 1. The van der Waals surface area contributed by atoms with Gasteiger partial charge in [-0.15, -0.1) is 0 Å². The molecule has 1 saturated heterocycles. The Balaban J connectivity index is 1.62. The summed E-state index contributed by atoms with van der Waals surface area (Å²) in [6.45, 7) is 0.874. The molecule has 0 aromatic heterocycles. The van der Waals surface area contributed by atoms with Gasteiger partial charge in [0.05, 0.1) is 23.8 Å². The van der Waals surface area contributed by atoms with Crippen molar-refractivity contribution in [2.45, 2.75) is 24.8 Å². The predicted molar refractivity (Wildman–Crippen MR) is 116 cm³/mol. The third kappa shape index (κ3) is 4.16. The highest BCUT2D eigenvalue weighted by Crippen LogP contribution is 2.62. The van der Waals surface area contributed by atoms with Gasteiger partial charge in [-0.25, -0.2) is 21.9 Å². The summed E-state index contributed by atoms with van der Waals surface area (Å²) in [7, 11) is -1.84. The molecular weight excluding hydrogens is 438 g/mol. The van der Waals surface area contributed by atoms with Gasteiger partial charge in [-0.05, 0) is 36.1 Å². The number of hydrogen-bond donors (Lipinski definition) is 1. The zero-order valence-corrected chi connectivity index (χ0v) is 18.8. The fourth-order valence-corrected chi connectivity index (χ4v) is 5.16. The first-order valence-electron chi connectivity index (χ1n) is 10.5. The summed E-state index contributed by atoms with van der Waals surface area (Å²) in [6, 6.07) is 10.5. The zero-order valence-electron chi connectivity index (χ0n) is 18.0. The average molecular weight is 465 g/mol. The quantitative estimate of drug-likeness (QED) is 0.652. The largest absolute Gasteiger partial charge is 0.384 e. The molecule has 172 valence electrons. The van der Waals surface area contributed by atoms with E-state index in [-0.39, 0.29) is 36.6 Å². The number of halogens is 2. The number of benzene rings is 2. The molecule has 0 bridgehead atoms. The number of amides is 1. The summed E-state index contributed by atoms with van der Waals surface area (Å²) < 4.78 is 59.8. The lowest BCUT2D eigenvalue weighted by molar-refractivity contribution is -0.147. The highest BCUT2D eigenvalue weighted by atomic mass is 32.2. The maximum atomic E-state index is 14.5. The van der Waals surface area contributed by atoms with Crippen LogP contribution in [0, 0.1) is 17.0 Å². The number of hydrogen-bond acceptors (Lipinski definition) is 4. The minimum atomic E-state index is -3.36. The van der Waals surface area contributed by atoms with Gasteiger partial charge in [-0.3, -0.25) is 4.79 Å². The molecule has 1 heterocycles. The Kier molecular flexibility index (Phi) is 6.08. The maximum absolute atomic E-state index is 14.5. The lowest BCUT2D eigenvalue weighted by Gasteiger charge is -2.43. The fraction of sp³-hybridized carbons (Fsp3) is 0.435. The van der Waals surface area contributed by atoms with E-state index in [0.29, 0.717) is 30.5 Å². The number of carbonyl (C=O) groups is 1. The van der Waals surface area contributed by atoms with E-state index in [9.17, 15) is 22.0 Å². The molecule has 2 aliphatic rings. The molecular formula is C23H26F2N2O4S. The third-order valence-electron chi connectivity index (χ3n) is 6.46. The van der Waals surface area contributed by atoms with Crippen molar-refractivity contribution in [3.63, 3.8) is 0 Å². The van der Waals surface area contributed by atoms with Crippen LogP contribution >= 0.6 is 0 Å². The van der Waals surface area contributed by atoms with E-state index in [1.807, 2.05) is 0 Å². The summed E-state index contributed by atoms with van der Waals surface area (Å²) in [4.78, 5) is 15.2. The minimum absolute atomic E-state index is 0.104. The Morgan fingerprint density at radius 3 is 2.47 bits per heavy atom. The number of ether oxygens (including phenoxy) is 1. The topological polar surface area (TPSA) is 75.7 Å². The van der Waals surface area contributed by atoms with Crippen molar-refractivity contribution in [1.82, 2.24) is 9.62 Å². The summed E-state index contributed by atoms with van der Waals surface area (Å²) in [5.41, 5.74) is 0.190. The fourth-order valence-electron chi connectivity index (χ4n) is 4.67. The Hall–Kier alpha value is -2.36. The first kappa shape index (κ1) is 22.8. The summed E-state index contributed by atoms with van der Waals surface area (Å²) >= 11 is 0. The van der Waals surface area contributed by atoms with Crippen LogP contribution < -0.4 is 4.72 Å². The second-order valence-electron chi connectivity index (χ2n) is 8.59. The monoisotopic (exact) mass is 464 g/mol. The molecule has 6 nitrogen and oxygen atoms in total. The van der Waals surface area contributed by atoms with Crippen LogP contribution in [0.5, 0.6) is 0 Å². The van der Waals surface area contributed by atoms with Crippen LogP contribution in [0.1, 0.15) is 24.3 Å². The second-order valence-corrected chi connectivity index (χ2v) is 10.4. The van der Waals surface area contributed by atoms with Crippen LogP contribution in [0.15, 0.2) is 42.5 Å². The third-order valence-corrected chi connectivity index (χ3v) is 7.15. The molecule has 2 fully saturated rings. The number of carbonyl (C=O) groups excluding carboxylic acids is 1. The molecule has 1 aliphatic heterocycles. The highest BCUT2D eigenvalue weighted by molar-refractivity contribution is 7.88. The van der Waals surface area contributed by atoms with Crippen LogP contribution in [-0.4, -0.2) is 58.3 Å². The van der Waals surface area contributed by atoms with E-state index in [1.165, 1.54) is 25.3 Å². The van der Waals surface area contributed by atoms with Gasteiger partial charge in [0.2, 0.25) is 15.9 Å². The molecule has 0 radical (unpaired) electrons. The van der Waals surface area contributed by atoms with E-state index >= 15 is 0 Å². The molecule has 1 amide bonds. The van der Waals surface area contributed by atoms with Gasteiger partial charge in [0.1, 0.15) is 11.6 Å². The molecule has 3 atom stereocenters. The second kappa shape index (κ2) is 8.53. The number of rotatable bonds is 8. The van der Waals surface area contributed by atoms with Gasteiger partial charge in [0, 0.05) is 32.2 Å². The molecule has 2 aromatic carbocycles. The number of sulfonamides is 1. The van der Waals surface area contributed by atoms with Gasteiger partial charge in [-0.1, -0.05) is 30.3 Å². The van der Waals surface area contributed by atoms with E-state index in [4.69, 9.17) is 4.74 Å². The summed E-state index contributed by atoms with van der Waals surface area (Å²) in [5, 5.41) is 0. The maximum Gasteiger partial charge on any atom is 0.232 e. The van der Waals surface area contributed by atoms with Crippen molar-refractivity contribution < 1.29 is 26.7 Å². The molecule has 4 rings (SSSR count).